The third-order valence-corrected chi connectivity index (χ3v) is 6.81. The van der Waals surface area contributed by atoms with Crippen LogP contribution >= 0.6 is 0 Å². The minimum absolute atomic E-state index is 0.176. The Morgan fingerprint density at radius 1 is 1.00 bits per heavy atom. The molecule has 0 unspecified atom stereocenters. The maximum Gasteiger partial charge on any atom is 0.416 e. The Morgan fingerprint density at radius 3 is 2.60 bits per heavy atom. The summed E-state index contributed by atoms with van der Waals surface area (Å²) in [5.41, 5.74) is 2.20. The highest BCUT2D eigenvalue weighted by atomic mass is 19.4. The third kappa shape index (κ3) is 4.86. The van der Waals surface area contributed by atoms with Gasteiger partial charge in [0, 0.05) is 13.0 Å². The summed E-state index contributed by atoms with van der Waals surface area (Å²) in [7, 11) is 1.59. The van der Waals surface area contributed by atoms with Crippen molar-refractivity contribution in [2.75, 3.05) is 18.6 Å². The summed E-state index contributed by atoms with van der Waals surface area (Å²) < 4.78 is 52.4. The van der Waals surface area contributed by atoms with E-state index in [1.54, 1.807) is 19.2 Å². The summed E-state index contributed by atoms with van der Waals surface area (Å²) in [5.74, 6) is 1.09. The number of para-hydroxylation sites is 1. The zero-order valence-electron chi connectivity index (χ0n) is 21.4. The van der Waals surface area contributed by atoms with Crippen LogP contribution in [0, 0.1) is 0 Å². The summed E-state index contributed by atoms with van der Waals surface area (Å²) >= 11 is 0. The van der Waals surface area contributed by atoms with Gasteiger partial charge in [-0.3, -0.25) is 4.79 Å². The highest BCUT2D eigenvalue weighted by Gasteiger charge is 2.31. The van der Waals surface area contributed by atoms with Crippen molar-refractivity contribution in [1.29, 1.82) is 0 Å². The zero-order chi connectivity index (χ0) is 27.9. The van der Waals surface area contributed by atoms with E-state index in [1.165, 1.54) is 10.6 Å². The fourth-order valence-corrected chi connectivity index (χ4v) is 4.77. The number of rotatable bonds is 6. The molecule has 40 heavy (non-hydrogen) atoms. The van der Waals surface area contributed by atoms with Gasteiger partial charge in [0.05, 0.1) is 47.2 Å². The molecular weight excluding hydrogens is 523 g/mol. The molecule has 0 bridgehead atoms. The number of methoxy groups -OCH3 is 1. The normalized spacial score (nSPS) is 13.3. The van der Waals surface area contributed by atoms with Crippen LogP contribution in [0.25, 0.3) is 16.7 Å². The number of halogens is 3. The van der Waals surface area contributed by atoms with E-state index in [2.05, 4.69) is 9.97 Å². The number of anilines is 1. The SMILES string of the molecule is COc1cccc(COc2nc3c(c(=O)n2-c2ccccc2)CN(c2nc4ccc(C(F)(F)F)cc4[nH]2)CC3)c1. The molecule has 0 fully saturated rings. The molecule has 6 rings (SSSR count). The molecular formula is C29H24F3N5O3. The van der Waals surface area contributed by atoms with Gasteiger partial charge in [0.15, 0.2) is 0 Å². The van der Waals surface area contributed by atoms with Crippen molar-refractivity contribution >= 4 is 17.0 Å². The molecule has 0 aliphatic carbocycles. The summed E-state index contributed by atoms with van der Waals surface area (Å²) in [5, 5.41) is 0. The average Bonchev–Trinajstić information content (AvgIpc) is 3.40. The first kappa shape index (κ1) is 25.5. The van der Waals surface area contributed by atoms with Crippen molar-refractivity contribution in [3.63, 3.8) is 0 Å². The molecule has 3 heterocycles. The van der Waals surface area contributed by atoms with E-state index in [-0.39, 0.29) is 30.2 Å². The molecule has 1 aliphatic rings. The van der Waals surface area contributed by atoms with Gasteiger partial charge in [-0.2, -0.15) is 13.2 Å². The van der Waals surface area contributed by atoms with Crippen molar-refractivity contribution in [1.82, 2.24) is 19.5 Å². The largest absolute Gasteiger partial charge is 0.497 e. The second kappa shape index (κ2) is 10.1. The second-order valence-electron chi connectivity index (χ2n) is 9.40. The maximum absolute atomic E-state index is 13.9. The Labute approximate surface area is 226 Å². The van der Waals surface area contributed by atoms with Gasteiger partial charge in [-0.25, -0.2) is 14.5 Å². The van der Waals surface area contributed by atoms with E-state index in [0.717, 1.165) is 17.7 Å². The molecule has 0 radical (unpaired) electrons. The first-order chi connectivity index (χ1) is 19.3. The fourth-order valence-electron chi connectivity index (χ4n) is 4.77. The maximum atomic E-state index is 13.9. The number of nitrogens with one attached hydrogen (secondary N) is 1. The van der Waals surface area contributed by atoms with Crippen molar-refractivity contribution in [2.24, 2.45) is 0 Å². The van der Waals surface area contributed by atoms with Crippen LogP contribution in [0.1, 0.15) is 22.4 Å². The van der Waals surface area contributed by atoms with Gasteiger partial charge in [0.1, 0.15) is 12.4 Å². The molecule has 1 aliphatic heterocycles. The number of aromatic amines is 1. The minimum atomic E-state index is -4.45. The number of aromatic nitrogens is 4. The van der Waals surface area contributed by atoms with Crippen molar-refractivity contribution < 1.29 is 22.6 Å². The minimum Gasteiger partial charge on any atom is -0.497 e. The Morgan fingerprint density at radius 2 is 1.82 bits per heavy atom. The number of H-pyrrole nitrogens is 1. The number of benzene rings is 3. The fraction of sp³-hybridized carbons (Fsp3) is 0.207. The van der Waals surface area contributed by atoms with Gasteiger partial charge in [-0.05, 0) is 48.0 Å². The first-order valence-corrected chi connectivity index (χ1v) is 12.6. The van der Waals surface area contributed by atoms with Crippen LogP contribution in [-0.4, -0.2) is 33.2 Å². The van der Waals surface area contributed by atoms with Crippen molar-refractivity contribution in [3.8, 4) is 17.4 Å². The number of imidazole rings is 1. The number of fused-ring (bicyclic) bond motifs is 2. The molecule has 0 amide bonds. The van der Waals surface area contributed by atoms with E-state index in [9.17, 15) is 18.0 Å². The molecule has 2 aromatic heterocycles. The van der Waals surface area contributed by atoms with E-state index in [1.807, 2.05) is 47.4 Å². The van der Waals surface area contributed by atoms with Gasteiger partial charge in [0.25, 0.3) is 5.56 Å². The lowest BCUT2D eigenvalue weighted by Gasteiger charge is -2.28. The smallest absolute Gasteiger partial charge is 0.416 e. The van der Waals surface area contributed by atoms with Crippen LogP contribution in [0.5, 0.6) is 11.8 Å². The molecule has 0 atom stereocenters. The third-order valence-electron chi connectivity index (χ3n) is 6.81. The average molecular weight is 548 g/mol. The van der Waals surface area contributed by atoms with Crippen LogP contribution in [0.2, 0.25) is 0 Å². The summed E-state index contributed by atoms with van der Waals surface area (Å²) in [4.78, 5) is 27.9. The monoisotopic (exact) mass is 547 g/mol. The topological polar surface area (TPSA) is 85.3 Å². The Bertz CT molecular complexity index is 1750. The Balaban J connectivity index is 1.34. The van der Waals surface area contributed by atoms with Crippen molar-refractivity contribution in [2.45, 2.75) is 25.7 Å². The molecule has 0 saturated carbocycles. The van der Waals surface area contributed by atoms with Crippen LogP contribution in [0.15, 0.2) is 77.6 Å². The quantitative estimate of drug-likeness (QED) is 0.312. The van der Waals surface area contributed by atoms with E-state index >= 15 is 0 Å². The van der Waals surface area contributed by atoms with Crippen LogP contribution < -0.4 is 19.9 Å². The lowest BCUT2D eigenvalue weighted by Crippen LogP contribution is -2.38. The number of nitrogens with zero attached hydrogens (tertiary/aromatic N) is 4. The number of hydrogen-bond donors (Lipinski definition) is 1. The van der Waals surface area contributed by atoms with Crippen molar-refractivity contribution in [3.05, 3.63) is 106 Å². The highest BCUT2D eigenvalue weighted by Crippen LogP contribution is 2.32. The number of ether oxygens (including phenoxy) is 2. The zero-order valence-corrected chi connectivity index (χ0v) is 21.4. The van der Waals surface area contributed by atoms with Gasteiger partial charge in [0.2, 0.25) is 5.95 Å². The summed E-state index contributed by atoms with van der Waals surface area (Å²) in [6.07, 6.45) is -4.02. The predicted octanol–water partition coefficient (Wildman–Crippen LogP) is 5.28. The second-order valence-corrected chi connectivity index (χ2v) is 9.40. The molecule has 3 aromatic carbocycles. The summed E-state index contributed by atoms with van der Waals surface area (Å²) in [6.45, 7) is 0.840. The molecule has 204 valence electrons. The number of hydrogen-bond acceptors (Lipinski definition) is 6. The standard InChI is InChI=1S/C29H24F3N5O3/c1-39-21-9-5-6-18(14-21)17-40-28-35-23-12-13-36(16-22(23)26(38)37(28)20-7-3-2-4-8-20)27-33-24-11-10-19(29(30,31)32)15-25(24)34-27/h2-11,14-15H,12-13,16-17H2,1H3,(H,33,34). The van der Waals surface area contributed by atoms with Crippen LogP contribution in [-0.2, 0) is 25.7 Å². The molecule has 0 spiro atoms. The molecule has 11 heteroatoms. The van der Waals surface area contributed by atoms with Gasteiger partial charge in [-0.1, -0.05) is 30.3 Å². The molecule has 1 N–H and O–H groups in total. The molecule has 0 saturated heterocycles. The predicted molar refractivity (Wildman–Crippen MR) is 143 cm³/mol. The van der Waals surface area contributed by atoms with Crippen LogP contribution in [0.3, 0.4) is 0 Å². The van der Waals surface area contributed by atoms with E-state index in [0.29, 0.717) is 47.1 Å². The molecule has 5 aromatic rings. The number of alkyl halides is 3. The van der Waals surface area contributed by atoms with E-state index < -0.39 is 11.7 Å². The van der Waals surface area contributed by atoms with E-state index in [4.69, 9.17) is 14.5 Å². The summed E-state index contributed by atoms with van der Waals surface area (Å²) in [6, 6.07) is 20.1. The highest BCUT2D eigenvalue weighted by molar-refractivity contribution is 5.78. The lowest BCUT2D eigenvalue weighted by molar-refractivity contribution is -0.137. The Kier molecular flexibility index (Phi) is 6.41. The lowest BCUT2D eigenvalue weighted by atomic mass is 10.1. The van der Waals surface area contributed by atoms with Gasteiger partial charge < -0.3 is 19.4 Å². The Hall–Kier alpha value is -4.80. The first-order valence-electron chi connectivity index (χ1n) is 12.6. The van der Waals surface area contributed by atoms with Gasteiger partial charge in [-0.15, -0.1) is 0 Å². The van der Waals surface area contributed by atoms with Gasteiger partial charge >= 0.3 is 12.2 Å². The van der Waals surface area contributed by atoms with Crippen LogP contribution in [0.4, 0.5) is 19.1 Å². The molecule has 8 nitrogen and oxygen atoms in total.